The molecule has 0 radical (unpaired) electrons. The van der Waals surface area contributed by atoms with Crippen LogP contribution < -0.4 is 0 Å². The van der Waals surface area contributed by atoms with E-state index in [0.717, 1.165) is 0 Å². The molecule has 0 aromatic carbocycles. The summed E-state index contributed by atoms with van der Waals surface area (Å²) in [6.07, 6.45) is -0.0176. The highest BCUT2D eigenvalue weighted by Crippen LogP contribution is 2.43. The van der Waals surface area contributed by atoms with Gasteiger partial charge in [-0.05, 0) is 0 Å². The summed E-state index contributed by atoms with van der Waals surface area (Å²) >= 11 is 0. The van der Waals surface area contributed by atoms with E-state index >= 15 is 0 Å². The molecule has 3 fully saturated rings. The Labute approximate surface area is 81.3 Å². The summed E-state index contributed by atoms with van der Waals surface area (Å²) in [6, 6.07) is 0. The number of carbonyl (C=O) groups excluding carboxylic acids is 1. The Morgan fingerprint density at radius 1 is 1.29 bits per heavy atom. The van der Waals surface area contributed by atoms with Gasteiger partial charge >= 0.3 is 5.97 Å². The topological polar surface area (TPSA) is 54.0 Å². The van der Waals surface area contributed by atoms with Gasteiger partial charge in [-0.1, -0.05) is 0 Å². The summed E-state index contributed by atoms with van der Waals surface area (Å²) in [5.74, 6) is -0.0454. The molecule has 78 valence electrons. The third-order valence-electron chi connectivity index (χ3n) is 3.28. The summed E-state index contributed by atoms with van der Waals surface area (Å²) in [5, 5.41) is 0. The lowest BCUT2D eigenvalue weighted by molar-refractivity contribution is -0.149. The number of hydrogen-bond donors (Lipinski definition) is 0. The fourth-order valence-electron chi connectivity index (χ4n) is 2.70. The first kappa shape index (κ1) is 8.64. The second-order valence-corrected chi connectivity index (χ2v) is 3.90. The van der Waals surface area contributed by atoms with Gasteiger partial charge in [0.1, 0.15) is 25.1 Å². The number of ether oxygens (including phenoxy) is 4. The smallest absolute Gasteiger partial charge is 0.306 e. The molecule has 2 heterocycles. The van der Waals surface area contributed by atoms with E-state index in [1.807, 2.05) is 0 Å². The van der Waals surface area contributed by atoms with Crippen molar-refractivity contribution in [3.8, 4) is 0 Å². The van der Waals surface area contributed by atoms with E-state index in [9.17, 15) is 4.79 Å². The monoisotopic (exact) mass is 200 g/mol. The molecule has 0 aromatic rings. The number of rotatable bonds is 1. The largest absolute Gasteiger partial charge is 0.459 e. The highest BCUT2D eigenvalue weighted by atomic mass is 16.7. The van der Waals surface area contributed by atoms with Crippen LogP contribution >= 0.6 is 0 Å². The van der Waals surface area contributed by atoms with Crippen LogP contribution in [0.25, 0.3) is 0 Å². The van der Waals surface area contributed by atoms with Gasteiger partial charge in [0.25, 0.3) is 0 Å². The van der Waals surface area contributed by atoms with E-state index < -0.39 is 0 Å². The van der Waals surface area contributed by atoms with Crippen molar-refractivity contribution in [2.45, 2.75) is 30.8 Å². The Balaban J connectivity index is 1.88. The Hall–Kier alpha value is -0.650. The molecule has 5 atom stereocenters. The maximum atomic E-state index is 11.1. The number of esters is 1. The molecule has 3 aliphatic rings. The van der Waals surface area contributed by atoms with Gasteiger partial charge in [-0.3, -0.25) is 4.79 Å². The van der Waals surface area contributed by atoms with Crippen molar-refractivity contribution < 1.29 is 23.7 Å². The highest BCUT2D eigenvalue weighted by Gasteiger charge is 2.60. The van der Waals surface area contributed by atoms with Crippen molar-refractivity contribution in [3.05, 3.63) is 0 Å². The lowest BCUT2D eigenvalue weighted by Crippen LogP contribution is -2.34. The van der Waals surface area contributed by atoms with Crippen LogP contribution in [0.2, 0.25) is 0 Å². The second-order valence-electron chi connectivity index (χ2n) is 3.90. The van der Waals surface area contributed by atoms with Crippen LogP contribution in [0, 0.1) is 5.92 Å². The van der Waals surface area contributed by atoms with E-state index in [2.05, 4.69) is 0 Å². The fraction of sp³-hybridized carbons (Fsp3) is 0.889. The molecule has 0 aromatic heterocycles. The van der Waals surface area contributed by atoms with Gasteiger partial charge in [0.05, 0.1) is 12.5 Å². The summed E-state index contributed by atoms with van der Waals surface area (Å²) in [7, 11) is 1.61. The number of hydrogen-bond acceptors (Lipinski definition) is 5. The quantitative estimate of drug-likeness (QED) is 0.543. The molecular formula is C9H12O5. The van der Waals surface area contributed by atoms with Crippen molar-refractivity contribution in [2.75, 3.05) is 13.9 Å². The summed E-state index contributed by atoms with van der Waals surface area (Å²) in [5.41, 5.74) is 0. The van der Waals surface area contributed by atoms with E-state index in [1.54, 1.807) is 7.11 Å². The molecule has 0 spiro atoms. The fourth-order valence-corrected chi connectivity index (χ4v) is 2.70. The highest BCUT2D eigenvalue weighted by molar-refractivity contribution is 5.72. The van der Waals surface area contributed by atoms with Gasteiger partial charge in [0, 0.05) is 13.0 Å². The maximum Gasteiger partial charge on any atom is 0.306 e. The zero-order valence-corrected chi connectivity index (χ0v) is 7.84. The minimum absolute atomic E-state index is 0.0311. The molecule has 2 aliphatic heterocycles. The van der Waals surface area contributed by atoms with Crippen molar-refractivity contribution >= 4 is 5.97 Å². The average molecular weight is 200 g/mol. The van der Waals surface area contributed by atoms with E-state index in [4.69, 9.17) is 18.9 Å². The van der Waals surface area contributed by atoms with Crippen molar-refractivity contribution in [2.24, 2.45) is 5.92 Å². The van der Waals surface area contributed by atoms with Crippen LogP contribution in [-0.2, 0) is 23.7 Å². The van der Waals surface area contributed by atoms with Crippen molar-refractivity contribution in [1.29, 1.82) is 0 Å². The van der Waals surface area contributed by atoms with Gasteiger partial charge in [-0.2, -0.15) is 0 Å². The predicted octanol–water partition coefficient (Wildman–Crippen LogP) is -0.312. The minimum Gasteiger partial charge on any atom is -0.459 e. The van der Waals surface area contributed by atoms with Crippen LogP contribution in [0.3, 0.4) is 0 Å². The predicted molar refractivity (Wildman–Crippen MR) is 43.4 cm³/mol. The molecule has 0 unspecified atom stereocenters. The first-order valence-corrected chi connectivity index (χ1v) is 4.77. The molecule has 2 saturated heterocycles. The van der Waals surface area contributed by atoms with Crippen LogP contribution in [0.15, 0.2) is 0 Å². The van der Waals surface area contributed by atoms with Crippen molar-refractivity contribution in [1.82, 2.24) is 0 Å². The molecule has 14 heavy (non-hydrogen) atoms. The van der Waals surface area contributed by atoms with Gasteiger partial charge in [0.2, 0.25) is 0 Å². The lowest BCUT2D eigenvalue weighted by atomic mass is 10.0. The Bertz CT molecular complexity index is 258. The first-order valence-electron chi connectivity index (χ1n) is 4.77. The summed E-state index contributed by atoms with van der Waals surface area (Å²) < 4.78 is 21.4. The van der Waals surface area contributed by atoms with E-state index in [-0.39, 0.29) is 36.3 Å². The molecule has 5 nitrogen and oxygen atoms in total. The Kier molecular flexibility index (Phi) is 1.80. The average Bonchev–Trinajstić information content (AvgIpc) is 2.76. The van der Waals surface area contributed by atoms with E-state index in [1.165, 1.54) is 0 Å². The van der Waals surface area contributed by atoms with Crippen LogP contribution in [0.4, 0.5) is 0 Å². The zero-order chi connectivity index (χ0) is 9.71. The molecule has 3 rings (SSSR count). The SMILES string of the molecule is CO[C@@H]1[C@H]2OCO[C@H]2[C@@H]2CC(=O)O[C@@H]21. The van der Waals surface area contributed by atoms with Crippen molar-refractivity contribution in [3.63, 3.8) is 0 Å². The minimum atomic E-state index is -0.178. The summed E-state index contributed by atoms with van der Waals surface area (Å²) in [4.78, 5) is 11.1. The first-order chi connectivity index (χ1) is 6.81. The summed E-state index contributed by atoms with van der Waals surface area (Å²) in [6.45, 7) is 0.298. The van der Waals surface area contributed by atoms with Crippen LogP contribution in [0.1, 0.15) is 6.42 Å². The Morgan fingerprint density at radius 3 is 2.86 bits per heavy atom. The molecule has 0 amide bonds. The van der Waals surface area contributed by atoms with Crippen LogP contribution in [-0.4, -0.2) is 44.3 Å². The third kappa shape index (κ3) is 0.973. The standard InChI is InChI=1S/C9H12O5/c1-11-8-7-4(2-5(10)14-7)6-9(8)13-3-12-6/h4,6-9H,2-3H2,1H3/t4-,6-,7-,8-,9-/m0/s1. The van der Waals surface area contributed by atoms with Gasteiger partial charge in [0.15, 0.2) is 0 Å². The van der Waals surface area contributed by atoms with Crippen LogP contribution in [0.5, 0.6) is 0 Å². The lowest BCUT2D eigenvalue weighted by Gasteiger charge is -2.19. The molecule has 1 aliphatic carbocycles. The number of carbonyl (C=O) groups is 1. The molecule has 0 bridgehead atoms. The van der Waals surface area contributed by atoms with Gasteiger partial charge in [-0.15, -0.1) is 0 Å². The second kappa shape index (κ2) is 2.92. The van der Waals surface area contributed by atoms with Gasteiger partial charge in [-0.25, -0.2) is 0 Å². The zero-order valence-electron chi connectivity index (χ0n) is 7.84. The molecule has 5 heteroatoms. The van der Waals surface area contributed by atoms with E-state index in [0.29, 0.717) is 13.2 Å². The maximum absolute atomic E-state index is 11.1. The normalized spacial score (nSPS) is 50.4. The number of fused-ring (bicyclic) bond motifs is 3. The Morgan fingerprint density at radius 2 is 2.07 bits per heavy atom. The molecule has 0 N–H and O–H groups in total. The molecule has 1 saturated carbocycles. The van der Waals surface area contributed by atoms with Gasteiger partial charge < -0.3 is 18.9 Å². The number of methoxy groups -OCH3 is 1. The third-order valence-corrected chi connectivity index (χ3v) is 3.28. The molecular weight excluding hydrogens is 188 g/mol.